The average Bonchev–Trinajstić information content (AvgIpc) is 2.92. The fourth-order valence-corrected chi connectivity index (χ4v) is 1.96. The van der Waals surface area contributed by atoms with Crippen molar-refractivity contribution in [1.82, 2.24) is 9.38 Å². The van der Waals surface area contributed by atoms with Gasteiger partial charge in [-0.25, -0.2) is 4.98 Å². The van der Waals surface area contributed by atoms with Crippen LogP contribution in [0.5, 0.6) is 0 Å². The highest BCUT2D eigenvalue weighted by Gasteiger charge is 2.11. The number of nitrogens with zero attached hydrogens (tertiary/aromatic N) is 2. The topological polar surface area (TPSA) is 89.5 Å². The number of aromatic nitrogens is 2. The molecule has 0 fully saturated rings. The molecule has 3 aromatic rings. The van der Waals surface area contributed by atoms with Crippen LogP contribution in [0.4, 0.5) is 5.69 Å². The minimum atomic E-state index is -0.506. The van der Waals surface area contributed by atoms with Crippen molar-refractivity contribution in [2.75, 3.05) is 5.32 Å². The smallest absolute Gasteiger partial charge is 0.275 e. The molecule has 0 atom stereocenters. The molecule has 0 aliphatic carbocycles. The maximum atomic E-state index is 12.1. The highest BCUT2D eigenvalue weighted by atomic mass is 16.2. The number of nitrogens with two attached hydrogens (primary N) is 1. The summed E-state index contributed by atoms with van der Waals surface area (Å²) in [6.07, 6.45) is 3.48. The van der Waals surface area contributed by atoms with E-state index >= 15 is 0 Å². The van der Waals surface area contributed by atoms with Crippen molar-refractivity contribution >= 4 is 23.1 Å². The van der Waals surface area contributed by atoms with E-state index in [-0.39, 0.29) is 5.91 Å². The summed E-state index contributed by atoms with van der Waals surface area (Å²) in [4.78, 5) is 27.3. The first-order valence-electron chi connectivity index (χ1n) is 6.28. The number of hydrogen-bond acceptors (Lipinski definition) is 3. The molecule has 0 aliphatic rings. The molecular formula is C15H12N4O2. The number of nitrogens with one attached hydrogen (secondary N) is 1. The van der Waals surface area contributed by atoms with Crippen molar-refractivity contribution in [3.63, 3.8) is 0 Å². The number of amides is 2. The van der Waals surface area contributed by atoms with E-state index < -0.39 is 5.91 Å². The van der Waals surface area contributed by atoms with Gasteiger partial charge in [0.05, 0.1) is 0 Å². The van der Waals surface area contributed by atoms with Gasteiger partial charge >= 0.3 is 0 Å². The Balaban J connectivity index is 1.80. The third-order valence-electron chi connectivity index (χ3n) is 3.02. The van der Waals surface area contributed by atoms with Crippen molar-refractivity contribution in [2.24, 2.45) is 5.73 Å². The highest BCUT2D eigenvalue weighted by Crippen LogP contribution is 2.11. The zero-order chi connectivity index (χ0) is 14.8. The summed E-state index contributed by atoms with van der Waals surface area (Å²) >= 11 is 0. The number of fused-ring (bicyclic) bond motifs is 1. The van der Waals surface area contributed by atoms with E-state index in [4.69, 9.17) is 5.73 Å². The van der Waals surface area contributed by atoms with E-state index in [1.165, 1.54) is 0 Å². The maximum absolute atomic E-state index is 12.1. The number of pyridine rings is 1. The SMILES string of the molecule is NC(=O)c1ccc(NC(=O)c2cn3ccccc3n2)cc1. The number of hydrogen-bond donors (Lipinski definition) is 2. The molecule has 104 valence electrons. The first-order valence-corrected chi connectivity index (χ1v) is 6.28. The van der Waals surface area contributed by atoms with Crippen LogP contribution < -0.4 is 11.1 Å². The lowest BCUT2D eigenvalue weighted by Gasteiger charge is -2.03. The molecule has 1 aromatic carbocycles. The number of carbonyl (C=O) groups excluding carboxylic acids is 2. The van der Waals surface area contributed by atoms with Crippen LogP contribution in [0, 0.1) is 0 Å². The molecule has 6 heteroatoms. The summed E-state index contributed by atoms with van der Waals surface area (Å²) in [5, 5.41) is 2.72. The van der Waals surface area contributed by atoms with E-state index in [2.05, 4.69) is 10.3 Å². The van der Waals surface area contributed by atoms with Gasteiger partial charge in [-0.15, -0.1) is 0 Å². The minimum Gasteiger partial charge on any atom is -0.366 e. The minimum absolute atomic E-state index is 0.314. The predicted octanol–water partition coefficient (Wildman–Crippen LogP) is 1.69. The number of imidazole rings is 1. The number of rotatable bonds is 3. The van der Waals surface area contributed by atoms with Crippen LogP contribution in [-0.4, -0.2) is 21.2 Å². The Morgan fingerprint density at radius 1 is 1.10 bits per heavy atom. The molecule has 2 aromatic heterocycles. The molecule has 0 spiro atoms. The third-order valence-corrected chi connectivity index (χ3v) is 3.02. The van der Waals surface area contributed by atoms with Gasteiger partial charge in [-0.1, -0.05) is 6.07 Å². The van der Waals surface area contributed by atoms with Gasteiger partial charge in [0, 0.05) is 23.6 Å². The van der Waals surface area contributed by atoms with Crippen LogP contribution in [0.3, 0.4) is 0 Å². The van der Waals surface area contributed by atoms with Gasteiger partial charge in [-0.2, -0.15) is 0 Å². The zero-order valence-electron chi connectivity index (χ0n) is 11.0. The summed E-state index contributed by atoms with van der Waals surface area (Å²) in [6, 6.07) is 11.9. The second-order valence-electron chi connectivity index (χ2n) is 4.49. The Hall–Kier alpha value is -3.15. The van der Waals surface area contributed by atoms with Crippen molar-refractivity contribution < 1.29 is 9.59 Å². The molecule has 6 nitrogen and oxygen atoms in total. The lowest BCUT2D eigenvalue weighted by molar-refractivity contribution is 0.0998. The first kappa shape index (κ1) is 12.9. The molecule has 0 bridgehead atoms. The van der Waals surface area contributed by atoms with E-state index in [1.54, 1.807) is 34.9 Å². The van der Waals surface area contributed by atoms with Crippen molar-refractivity contribution in [3.05, 3.63) is 66.1 Å². The summed E-state index contributed by atoms with van der Waals surface area (Å²) in [7, 11) is 0. The van der Waals surface area contributed by atoms with Crippen LogP contribution in [0.1, 0.15) is 20.8 Å². The molecule has 0 radical (unpaired) electrons. The van der Waals surface area contributed by atoms with Crippen molar-refractivity contribution in [3.8, 4) is 0 Å². The Morgan fingerprint density at radius 3 is 2.52 bits per heavy atom. The molecule has 0 aliphatic heterocycles. The van der Waals surface area contributed by atoms with Gasteiger partial charge in [0.15, 0.2) is 0 Å². The van der Waals surface area contributed by atoms with E-state index in [0.717, 1.165) is 0 Å². The van der Waals surface area contributed by atoms with Gasteiger partial charge in [0.1, 0.15) is 11.3 Å². The molecule has 0 unspecified atom stereocenters. The quantitative estimate of drug-likeness (QED) is 0.765. The second-order valence-corrected chi connectivity index (χ2v) is 4.49. The van der Waals surface area contributed by atoms with E-state index in [1.807, 2.05) is 24.4 Å². The van der Waals surface area contributed by atoms with Crippen molar-refractivity contribution in [2.45, 2.75) is 0 Å². The number of benzene rings is 1. The second kappa shape index (κ2) is 5.09. The lowest BCUT2D eigenvalue weighted by Crippen LogP contribution is -2.13. The highest BCUT2D eigenvalue weighted by molar-refractivity contribution is 6.03. The molecule has 3 N–H and O–H groups in total. The van der Waals surface area contributed by atoms with Gasteiger partial charge in [0.2, 0.25) is 5.91 Å². The number of primary amides is 1. The standard InChI is InChI=1S/C15H12N4O2/c16-14(20)10-4-6-11(7-5-10)17-15(21)12-9-19-8-2-1-3-13(19)18-12/h1-9H,(H2,16,20)(H,17,21). The largest absolute Gasteiger partial charge is 0.366 e. The zero-order valence-corrected chi connectivity index (χ0v) is 11.0. The molecule has 0 saturated carbocycles. The molecule has 2 amide bonds. The van der Waals surface area contributed by atoms with Gasteiger partial charge in [-0.05, 0) is 36.4 Å². The Morgan fingerprint density at radius 2 is 1.86 bits per heavy atom. The summed E-state index contributed by atoms with van der Waals surface area (Å²) in [6.45, 7) is 0. The van der Waals surface area contributed by atoms with Crippen LogP contribution in [0.2, 0.25) is 0 Å². The van der Waals surface area contributed by atoms with Gasteiger partial charge in [-0.3, -0.25) is 9.59 Å². The summed E-state index contributed by atoms with van der Waals surface area (Å²) in [5.74, 6) is -0.821. The normalized spacial score (nSPS) is 10.5. The fraction of sp³-hybridized carbons (Fsp3) is 0. The first-order chi connectivity index (χ1) is 10.1. The lowest BCUT2D eigenvalue weighted by atomic mass is 10.2. The summed E-state index contributed by atoms with van der Waals surface area (Å²) in [5.41, 5.74) is 7.14. The third kappa shape index (κ3) is 2.59. The van der Waals surface area contributed by atoms with Crippen LogP contribution in [0.15, 0.2) is 54.9 Å². The van der Waals surface area contributed by atoms with E-state index in [9.17, 15) is 9.59 Å². The molecule has 2 heterocycles. The maximum Gasteiger partial charge on any atom is 0.275 e. The van der Waals surface area contributed by atoms with Crippen LogP contribution in [-0.2, 0) is 0 Å². The van der Waals surface area contributed by atoms with Crippen LogP contribution >= 0.6 is 0 Å². The molecular weight excluding hydrogens is 268 g/mol. The predicted molar refractivity (Wildman–Crippen MR) is 78.1 cm³/mol. The average molecular weight is 280 g/mol. The Kier molecular flexibility index (Phi) is 3.12. The van der Waals surface area contributed by atoms with Gasteiger partial charge < -0.3 is 15.5 Å². The fourth-order valence-electron chi connectivity index (χ4n) is 1.96. The monoisotopic (exact) mass is 280 g/mol. The Bertz CT molecular complexity index is 788. The number of carbonyl (C=O) groups is 2. The molecule has 21 heavy (non-hydrogen) atoms. The van der Waals surface area contributed by atoms with Crippen LogP contribution in [0.25, 0.3) is 5.65 Å². The van der Waals surface area contributed by atoms with E-state index in [0.29, 0.717) is 22.6 Å². The molecule has 0 saturated heterocycles. The van der Waals surface area contributed by atoms with Crippen molar-refractivity contribution in [1.29, 1.82) is 0 Å². The Labute approximate surface area is 120 Å². The van der Waals surface area contributed by atoms with Gasteiger partial charge in [0.25, 0.3) is 5.91 Å². The molecule has 3 rings (SSSR count). The summed E-state index contributed by atoms with van der Waals surface area (Å²) < 4.78 is 1.77. The number of anilines is 1.